The van der Waals surface area contributed by atoms with E-state index in [0.717, 1.165) is 31.4 Å². The number of nitrogens with zero attached hydrogens (tertiary/aromatic N) is 1. The molecule has 5 nitrogen and oxygen atoms in total. The molecule has 1 heterocycles. The zero-order valence-electron chi connectivity index (χ0n) is 17.7. The topological polar surface area (TPSA) is 58.6 Å². The third-order valence-corrected chi connectivity index (χ3v) is 5.53. The summed E-state index contributed by atoms with van der Waals surface area (Å²) in [4.78, 5) is 27.3. The van der Waals surface area contributed by atoms with Crippen LogP contribution in [0.25, 0.3) is 0 Å². The van der Waals surface area contributed by atoms with Crippen LogP contribution in [0.15, 0.2) is 24.3 Å². The molecule has 0 spiro atoms. The molecule has 1 aliphatic heterocycles. The Morgan fingerprint density at radius 1 is 1.14 bits per heavy atom. The molecule has 1 saturated heterocycles. The SMILES string of the molecule is CCCCCCCCC(C)NC(=O)C1CCCN1C(=O)c1ccc(OC)cc1. The zero-order valence-corrected chi connectivity index (χ0v) is 17.7. The monoisotopic (exact) mass is 388 g/mol. The van der Waals surface area contributed by atoms with E-state index < -0.39 is 0 Å². The number of benzene rings is 1. The van der Waals surface area contributed by atoms with Crippen molar-refractivity contribution in [3.05, 3.63) is 29.8 Å². The normalized spacial score (nSPS) is 17.4. The summed E-state index contributed by atoms with van der Waals surface area (Å²) in [5, 5.41) is 3.13. The zero-order chi connectivity index (χ0) is 20.4. The van der Waals surface area contributed by atoms with E-state index in [1.54, 1.807) is 36.3 Å². The smallest absolute Gasteiger partial charge is 0.254 e. The number of likely N-dealkylation sites (tertiary alicyclic amines) is 1. The van der Waals surface area contributed by atoms with Gasteiger partial charge in [0.25, 0.3) is 5.91 Å². The second kappa shape index (κ2) is 11.7. The first kappa shape index (κ1) is 22.3. The molecule has 0 bridgehead atoms. The molecule has 1 fully saturated rings. The van der Waals surface area contributed by atoms with Crippen molar-refractivity contribution in [3.8, 4) is 5.75 Å². The highest BCUT2D eigenvalue weighted by molar-refractivity contribution is 5.98. The van der Waals surface area contributed by atoms with Crippen LogP contribution in [-0.4, -0.2) is 42.5 Å². The van der Waals surface area contributed by atoms with Crippen molar-refractivity contribution >= 4 is 11.8 Å². The van der Waals surface area contributed by atoms with Crippen LogP contribution in [0.3, 0.4) is 0 Å². The van der Waals surface area contributed by atoms with Crippen LogP contribution in [0.4, 0.5) is 0 Å². The Hall–Kier alpha value is -2.04. The van der Waals surface area contributed by atoms with Crippen LogP contribution in [-0.2, 0) is 4.79 Å². The molecular formula is C23H36N2O3. The van der Waals surface area contributed by atoms with Gasteiger partial charge < -0.3 is 15.0 Å². The Bertz CT molecular complexity index is 615. The maximum absolute atomic E-state index is 12.8. The van der Waals surface area contributed by atoms with Crippen LogP contribution in [0.2, 0.25) is 0 Å². The minimum Gasteiger partial charge on any atom is -0.497 e. The molecule has 0 aliphatic carbocycles. The van der Waals surface area contributed by atoms with E-state index in [1.165, 1.54) is 32.1 Å². The van der Waals surface area contributed by atoms with Gasteiger partial charge in [-0.15, -0.1) is 0 Å². The minimum absolute atomic E-state index is 0.0159. The summed E-state index contributed by atoms with van der Waals surface area (Å²) in [7, 11) is 1.60. The number of amides is 2. The molecule has 0 aromatic heterocycles. The van der Waals surface area contributed by atoms with Crippen molar-refractivity contribution in [2.45, 2.75) is 83.7 Å². The second-order valence-corrected chi connectivity index (χ2v) is 7.85. The molecule has 156 valence electrons. The minimum atomic E-state index is -0.360. The van der Waals surface area contributed by atoms with Crippen molar-refractivity contribution < 1.29 is 14.3 Å². The molecule has 2 unspecified atom stereocenters. The average Bonchev–Trinajstić information content (AvgIpc) is 3.20. The summed E-state index contributed by atoms with van der Waals surface area (Å²) in [6.07, 6.45) is 10.1. The van der Waals surface area contributed by atoms with Gasteiger partial charge in [0.1, 0.15) is 11.8 Å². The lowest BCUT2D eigenvalue weighted by atomic mass is 10.1. The van der Waals surface area contributed by atoms with E-state index in [0.29, 0.717) is 12.1 Å². The molecule has 1 aromatic rings. The van der Waals surface area contributed by atoms with Crippen LogP contribution in [0.5, 0.6) is 5.75 Å². The van der Waals surface area contributed by atoms with E-state index in [-0.39, 0.29) is 23.9 Å². The van der Waals surface area contributed by atoms with E-state index in [4.69, 9.17) is 4.74 Å². The van der Waals surface area contributed by atoms with E-state index >= 15 is 0 Å². The molecule has 0 radical (unpaired) electrons. The number of nitrogens with one attached hydrogen (secondary N) is 1. The predicted molar refractivity (Wildman–Crippen MR) is 113 cm³/mol. The van der Waals surface area contributed by atoms with Gasteiger partial charge in [-0.1, -0.05) is 45.4 Å². The number of hydrogen-bond donors (Lipinski definition) is 1. The molecule has 1 N–H and O–H groups in total. The van der Waals surface area contributed by atoms with Crippen LogP contribution < -0.4 is 10.1 Å². The fourth-order valence-corrected chi connectivity index (χ4v) is 3.82. The highest BCUT2D eigenvalue weighted by Gasteiger charge is 2.34. The number of hydrogen-bond acceptors (Lipinski definition) is 3. The number of unbranched alkanes of at least 4 members (excludes halogenated alkanes) is 5. The Balaban J connectivity index is 1.81. The highest BCUT2D eigenvalue weighted by atomic mass is 16.5. The molecule has 2 amide bonds. The van der Waals surface area contributed by atoms with E-state index in [1.807, 2.05) is 0 Å². The van der Waals surface area contributed by atoms with Gasteiger partial charge in [-0.3, -0.25) is 9.59 Å². The van der Waals surface area contributed by atoms with Crippen molar-refractivity contribution in [2.75, 3.05) is 13.7 Å². The summed E-state index contributed by atoms with van der Waals surface area (Å²) in [6.45, 7) is 4.92. The van der Waals surface area contributed by atoms with Crippen molar-refractivity contribution in [2.24, 2.45) is 0 Å². The summed E-state index contributed by atoms with van der Waals surface area (Å²) in [5.74, 6) is 0.623. The lowest BCUT2D eigenvalue weighted by molar-refractivity contribution is -0.125. The van der Waals surface area contributed by atoms with Crippen LogP contribution in [0.1, 0.15) is 82.0 Å². The summed E-state index contributed by atoms with van der Waals surface area (Å²) in [6, 6.07) is 6.87. The van der Waals surface area contributed by atoms with Crippen LogP contribution in [0, 0.1) is 0 Å². The highest BCUT2D eigenvalue weighted by Crippen LogP contribution is 2.22. The lowest BCUT2D eigenvalue weighted by Crippen LogP contribution is -2.48. The standard InChI is InChI=1S/C23H36N2O3/c1-4-5-6-7-8-9-11-18(2)24-22(26)21-12-10-17-25(21)23(27)19-13-15-20(28-3)16-14-19/h13-16,18,21H,4-12,17H2,1-3H3,(H,24,26). The fraction of sp³-hybridized carbons (Fsp3) is 0.652. The quantitative estimate of drug-likeness (QED) is 0.566. The second-order valence-electron chi connectivity index (χ2n) is 7.85. The van der Waals surface area contributed by atoms with Gasteiger partial charge in [0.2, 0.25) is 5.91 Å². The molecule has 5 heteroatoms. The van der Waals surface area contributed by atoms with Crippen molar-refractivity contribution in [1.29, 1.82) is 0 Å². The van der Waals surface area contributed by atoms with Gasteiger partial charge in [-0.2, -0.15) is 0 Å². The van der Waals surface area contributed by atoms with Gasteiger partial charge in [0, 0.05) is 18.2 Å². The largest absolute Gasteiger partial charge is 0.497 e. The first-order valence-corrected chi connectivity index (χ1v) is 10.8. The third kappa shape index (κ3) is 6.54. The molecule has 1 aliphatic rings. The number of ether oxygens (including phenoxy) is 1. The van der Waals surface area contributed by atoms with Crippen molar-refractivity contribution in [3.63, 3.8) is 0 Å². The molecule has 28 heavy (non-hydrogen) atoms. The number of methoxy groups -OCH3 is 1. The summed E-state index contributed by atoms with van der Waals surface area (Å²) in [5.41, 5.74) is 0.598. The first-order chi connectivity index (χ1) is 13.6. The summed E-state index contributed by atoms with van der Waals surface area (Å²) < 4.78 is 5.15. The number of carbonyl (C=O) groups excluding carboxylic acids is 2. The molecule has 2 rings (SSSR count). The Kier molecular flexibility index (Phi) is 9.32. The number of carbonyl (C=O) groups is 2. The molecule has 1 aromatic carbocycles. The van der Waals surface area contributed by atoms with Crippen molar-refractivity contribution in [1.82, 2.24) is 10.2 Å². The fourth-order valence-electron chi connectivity index (χ4n) is 3.82. The van der Waals surface area contributed by atoms with E-state index in [9.17, 15) is 9.59 Å². The van der Waals surface area contributed by atoms with Gasteiger partial charge in [0.15, 0.2) is 0 Å². The maximum Gasteiger partial charge on any atom is 0.254 e. The number of rotatable bonds is 11. The molecular weight excluding hydrogens is 352 g/mol. The summed E-state index contributed by atoms with van der Waals surface area (Å²) >= 11 is 0. The predicted octanol–water partition coefficient (Wildman–Crippen LogP) is 4.56. The maximum atomic E-state index is 12.8. The average molecular weight is 389 g/mol. The Morgan fingerprint density at radius 3 is 2.50 bits per heavy atom. The first-order valence-electron chi connectivity index (χ1n) is 10.8. The molecule has 2 atom stereocenters. The Morgan fingerprint density at radius 2 is 1.82 bits per heavy atom. The van der Waals surface area contributed by atoms with E-state index in [2.05, 4.69) is 19.2 Å². The van der Waals surface area contributed by atoms with Crippen LogP contribution >= 0.6 is 0 Å². The third-order valence-electron chi connectivity index (χ3n) is 5.53. The van der Waals surface area contributed by atoms with Gasteiger partial charge >= 0.3 is 0 Å². The Labute approximate surface area is 169 Å². The molecule has 0 saturated carbocycles. The lowest BCUT2D eigenvalue weighted by Gasteiger charge is -2.25. The van der Waals surface area contributed by atoms with Gasteiger partial charge in [0.05, 0.1) is 7.11 Å². The van der Waals surface area contributed by atoms with Gasteiger partial charge in [-0.25, -0.2) is 0 Å². The van der Waals surface area contributed by atoms with Gasteiger partial charge in [-0.05, 0) is 50.5 Å².